The highest BCUT2D eigenvalue weighted by atomic mass is 35.5. The number of benzene rings is 2. The summed E-state index contributed by atoms with van der Waals surface area (Å²) in [5.41, 5.74) is 1.33. The molecular formula is C18H19ClN2O3S. The first kappa shape index (κ1) is 17.9. The molecule has 5 nitrogen and oxygen atoms in total. The summed E-state index contributed by atoms with van der Waals surface area (Å²) >= 11 is 5.83. The van der Waals surface area contributed by atoms with E-state index in [0.29, 0.717) is 42.3 Å². The van der Waals surface area contributed by atoms with Gasteiger partial charge in [0, 0.05) is 36.8 Å². The van der Waals surface area contributed by atoms with Crippen molar-refractivity contribution in [1.82, 2.24) is 9.21 Å². The molecule has 0 aliphatic carbocycles. The first-order valence-corrected chi connectivity index (χ1v) is 10.0. The van der Waals surface area contributed by atoms with Crippen LogP contribution in [0.3, 0.4) is 0 Å². The van der Waals surface area contributed by atoms with Crippen molar-refractivity contribution in [2.45, 2.75) is 5.75 Å². The molecule has 1 aliphatic rings. The third-order valence-electron chi connectivity index (χ3n) is 4.20. The van der Waals surface area contributed by atoms with Crippen LogP contribution < -0.4 is 0 Å². The van der Waals surface area contributed by atoms with Gasteiger partial charge in [0.15, 0.2) is 0 Å². The van der Waals surface area contributed by atoms with E-state index < -0.39 is 10.0 Å². The number of amides is 1. The van der Waals surface area contributed by atoms with Crippen molar-refractivity contribution in [1.29, 1.82) is 0 Å². The second-order valence-electron chi connectivity index (χ2n) is 5.94. The van der Waals surface area contributed by atoms with Gasteiger partial charge in [-0.2, -0.15) is 4.31 Å². The molecule has 0 N–H and O–H groups in total. The monoisotopic (exact) mass is 378 g/mol. The minimum atomic E-state index is -3.41. The average molecular weight is 379 g/mol. The molecule has 1 aliphatic heterocycles. The van der Waals surface area contributed by atoms with Gasteiger partial charge in [-0.05, 0) is 29.8 Å². The van der Waals surface area contributed by atoms with Gasteiger partial charge in [-0.15, -0.1) is 0 Å². The topological polar surface area (TPSA) is 57.7 Å². The van der Waals surface area contributed by atoms with Gasteiger partial charge in [0.1, 0.15) is 0 Å². The standard InChI is InChI=1S/C18H19ClN2O3S/c19-17-8-6-15(7-9-17)14-25(23,24)21-12-10-20(11-13-21)18(22)16-4-2-1-3-5-16/h1-9H,10-14H2. The van der Waals surface area contributed by atoms with E-state index >= 15 is 0 Å². The van der Waals surface area contributed by atoms with Crippen LogP contribution in [0.4, 0.5) is 0 Å². The van der Waals surface area contributed by atoms with E-state index in [9.17, 15) is 13.2 Å². The van der Waals surface area contributed by atoms with Crippen molar-refractivity contribution in [3.05, 3.63) is 70.7 Å². The number of piperazine rings is 1. The summed E-state index contributed by atoms with van der Waals surface area (Å²) in [6.45, 7) is 1.42. The summed E-state index contributed by atoms with van der Waals surface area (Å²) in [6, 6.07) is 15.8. The predicted octanol–water partition coefficient (Wildman–Crippen LogP) is 2.63. The second-order valence-corrected chi connectivity index (χ2v) is 8.35. The molecule has 0 aromatic heterocycles. The van der Waals surface area contributed by atoms with Crippen LogP contribution in [0.2, 0.25) is 5.02 Å². The van der Waals surface area contributed by atoms with Gasteiger partial charge in [-0.25, -0.2) is 8.42 Å². The molecule has 0 unspecified atom stereocenters. The van der Waals surface area contributed by atoms with Crippen LogP contribution in [0.15, 0.2) is 54.6 Å². The highest BCUT2D eigenvalue weighted by Gasteiger charge is 2.29. The van der Waals surface area contributed by atoms with Crippen molar-refractivity contribution in [3.63, 3.8) is 0 Å². The fraction of sp³-hybridized carbons (Fsp3) is 0.278. The molecule has 1 saturated heterocycles. The van der Waals surface area contributed by atoms with Gasteiger partial charge in [0.05, 0.1) is 5.75 Å². The molecule has 0 saturated carbocycles. The van der Waals surface area contributed by atoms with E-state index in [1.807, 2.05) is 18.2 Å². The Morgan fingerprint density at radius 3 is 2.12 bits per heavy atom. The Morgan fingerprint density at radius 2 is 1.52 bits per heavy atom. The molecule has 2 aromatic carbocycles. The van der Waals surface area contributed by atoms with Crippen molar-refractivity contribution >= 4 is 27.5 Å². The maximum absolute atomic E-state index is 12.6. The third kappa shape index (κ3) is 4.39. The maximum atomic E-state index is 12.6. The normalized spacial score (nSPS) is 16.0. The molecule has 1 fully saturated rings. The minimum absolute atomic E-state index is 0.0587. The summed E-state index contributed by atoms with van der Waals surface area (Å²) in [4.78, 5) is 14.1. The van der Waals surface area contributed by atoms with Crippen molar-refractivity contribution in [3.8, 4) is 0 Å². The molecule has 0 spiro atoms. The van der Waals surface area contributed by atoms with Crippen LogP contribution in [0.1, 0.15) is 15.9 Å². The molecular weight excluding hydrogens is 360 g/mol. The third-order valence-corrected chi connectivity index (χ3v) is 6.30. The summed E-state index contributed by atoms with van der Waals surface area (Å²) in [5, 5.41) is 0.578. The number of carbonyl (C=O) groups excluding carboxylic acids is 1. The molecule has 25 heavy (non-hydrogen) atoms. The number of nitrogens with zero attached hydrogens (tertiary/aromatic N) is 2. The fourth-order valence-corrected chi connectivity index (χ4v) is 4.46. The molecule has 1 heterocycles. The molecule has 0 bridgehead atoms. The Kier molecular flexibility index (Phi) is 5.42. The minimum Gasteiger partial charge on any atom is -0.336 e. The van der Waals surface area contributed by atoms with Gasteiger partial charge in [0.25, 0.3) is 5.91 Å². The van der Waals surface area contributed by atoms with E-state index in [-0.39, 0.29) is 11.7 Å². The van der Waals surface area contributed by atoms with Gasteiger partial charge < -0.3 is 4.90 Å². The first-order chi connectivity index (χ1) is 12.0. The first-order valence-electron chi connectivity index (χ1n) is 8.02. The summed E-state index contributed by atoms with van der Waals surface area (Å²) in [7, 11) is -3.41. The number of hydrogen-bond acceptors (Lipinski definition) is 3. The highest BCUT2D eigenvalue weighted by Crippen LogP contribution is 2.17. The van der Waals surface area contributed by atoms with Crippen LogP contribution in [0.25, 0.3) is 0 Å². The van der Waals surface area contributed by atoms with E-state index in [0.717, 1.165) is 0 Å². The van der Waals surface area contributed by atoms with Gasteiger partial charge in [-0.1, -0.05) is 41.9 Å². The maximum Gasteiger partial charge on any atom is 0.253 e. The van der Waals surface area contributed by atoms with Crippen LogP contribution in [0, 0.1) is 0 Å². The second kappa shape index (κ2) is 7.56. The van der Waals surface area contributed by atoms with Crippen molar-refractivity contribution in [2.75, 3.05) is 26.2 Å². The average Bonchev–Trinajstić information content (AvgIpc) is 2.64. The zero-order valence-corrected chi connectivity index (χ0v) is 15.2. The van der Waals surface area contributed by atoms with Crippen molar-refractivity contribution < 1.29 is 13.2 Å². The lowest BCUT2D eigenvalue weighted by Gasteiger charge is -2.34. The molecule has 0 radical (unpaired) electrons. The lowest BCUT2D eigenvalue weighted by Crippen LogP contribution is -2.50. The Balaban J connectivity index is 1.61. The van der Waals surface area contributed by atoms with E-state index in [1.54, 1.807) is 41.3 Å². The lowest BCUT2D eigenvalue weighted by molar-refractivity contribution is 0.0698. The van der Waals surface area contributed by atoms with Gasteiger partial charge >= 0.3 is 0 Å². The Morgan fingerprint density at radius 1 is 0.920 bits per heavy atom. The smallest absolute Gasteiger partial charge is 0.253 e. The number of hydrogen-bond donors (Lipinski definition) is 0. The van der Waals surface area contributed by atoms with Crippen LogP contribution in [-0.4, -0.2) is 49.7 Å². The summed E-state index contributed by atoms with van der Waals surface area (Å²) < 4.78 is 26.6. The number of carbonyl (C=O) groups is 1. The van der Waals surface area contributed by atoms with E-state index in [4.69, 9.17) is 11.6 Å². The largest absolute Gasteiger partial charge is 0.336 e. The SMILES string of the molecule is O=C(c1ccccc1)N1CCN(S(=O)(=O)Cc2ccc(Cl)cc2)CC1. The summed E-state index contributed by atoms with van der Waals surface area (Å²) in [6.07, 6.45) is 0. The predicted molar refractivity (Wildman–Crippen MR) is 98.0 cm³/mol. The molecule has 132 valence electrons. The molecule has 1 amide bonds. The molecule has 3 rings (SSSR count). The quantitative estimate of drug-likeness (QED) is 0.821. The Hall–Kier alpha value is -1.89. The summed E-state index contributed by atoms with van der Waals surface area (Å²) in [5.74, 6) is -0.119. The fourth-order valence-electron chi connectivity index (χ4n) is 2.82. The number of rotatable bonds is 4. The molecule has 7 heteroatoms. The van der Waals surface area contributed by atoms with E-state index in [2.05, 4.69) is 0 Å². The van der Waals surface area contributed by atoms with Gasteiger partial charge in [-0.3, -0.25) is 4.79 Å². The Bertz CT molecular complexity index is 830. The van der Waals surface area contributed by atoms with Crippen LogP contribution in [-0.2, 0) is 15.8 Å². The number of halogens is 1. The van der Waals surface area contributed by atoms with Crippen molar-refractivity contribution in [2.24, 2.45) is 0 Å². The van der Waals surface area contributed by atoms with Gasteiger partial charge in [0.2, 0.25) is 10.0 Å². The molecule has 2 aromatic rings. The Labute approximate surface area is 152 Å². The van der Waals surface area contributed by atoms with Crippen LogP contribution in [0.5, 0.6) is 0 Å². The van der Waals surface area contributed by atoms with E-state index in [1.165, 1.54) is 4.31 Å². The molecule has 0 atom stereocenters. The number of sulfonamides is 1. The zero-order chi connectivity index (χ0) is 17.9. The zero-order valence-electron chi connectivity index (χ0n) is 13.6. The van der Waals surface area contributed by atoms with Crippen LogP contribution >= 0.6 is 11.6 Å². The lowest BCUT2D eigenvalue weighted by atomic mass is 10.2. The highest BCUT2D eigenvalue weighted by molar-refractivity contribution is 7.88.